The first-order valence-electron chi connectivity index (χ1n) is 11.3. The maximum Gasteiger partial charge on any atom is 0.231 e. The second-order valence-electron chi connectivity index (χ2n) is 7.90. The summed E-state index contributed by atoms with van der Waals surface area (Å²) in [5.41, 5.74) is 4.13. The van der Waals surface area contributed by atoms with E-state index in [1.807, 2.05) is 83.8 Å². The van der Waals surface area contributed by atoms with Gasteiger partial charge in [0.2, 0.25) is 5.91 Å². The largest absolute Gasteiger partial charge is 0.489 e. The molecule has 1 heterocycles. The Balaban J connectivity index is 1.41. The quantitative estimate of drug-likeness (QED) is 0.312. The molecule has 4 rings (SSSR count). The normalized spacial score (nSPS) is 10.5. The van der Waals surface area contributed by atoms with E-state index in [2.05, 4.69) is 23.2 Å². The molecule has 1 aromatic heterocycles. The summed E-state index contributed by atoms with van der Waals surface area (Å²) in [6.45, 7) is 1.17. The molecule has 0 saturated carbocycles. The van der Waals surface area contributed by atoms with E-state index in [0.717, 1.165) is 41.0 Å². The van der Waals surface area contributed by atoms with Crippen LogP contribution in [0.4, 0.5) is 5.69 Å². The van der Waals surface area contributed by atoms with Gasteiger partial charge in [0.05, 0.1) is 6.42 Å². The first-order chi connectivity index (χ1) is 16.3. The Morgan fingerprint density at radius 3 is 2.24 bits per heavy atom. The number of amides is 1. The van der Waals surface area contributed by atoms with Crippen molar-refractivity contribution < 1.29 is 9.53 Å². The molecule has 0 aliphatic carbocycles. The molecular weight excluding hydrogens is 408 g/mol. The lowest BCUT2D eigenvalue weighted by atomic mass is 10.1. The van der Waals surface area contributed by atoms with Gasteiger partial charge in [-0.25, -0.2) is 0 Å². The van der Waals surface area contributed by atoms with E-state index >= 15 is 0 Å². The Morgan fingerprint density at radius 1 is 0.788 bits per heavy atom. The van der Waals surface area contributed by atoms with Crippen LogP contribution in [0, 0.1) is 0 Å². The van der Waals surface area contributed by atoms with Crippen molar-refractivity contribution in [3.8, 4) is 5.75 Å². The number of hydrogen-bond donors (Lipinski definition) is 0. The number of carbonyl (C=O) groups is 1. The van der Waals surface area contributed by atoms with Crippen LogP contribution in [0.15, 0.2) is 109 Å². The third kappa shape index (κ3) is 6.53. The average molecular weight is 437 g/mol. The molecule has 0 unspecified atom stereocenters. The third-order valence-electron chi connectivity index (χ3n) is 5.48. The lowest BCUT2D eigenvalue weighted by molar-refractivity contribution is -0.118. The van der Waals surface area contributed by atoms with Gasteiger partial charge in [-0.2, -0.15) is 0 Å². The summed E-state index contributed by atoms with van der Waals surface area (Å²) in [5.74, 6) is 0.970. The summed E-state index contributed by atoms with van der Waals surface area (Å²) in [5, 5.41) is 0. The molecule has 0 N–H and O–H groups in total. The monoisotopic (exact) mass is 436 g/mol. The molecule has 0 fully saturated rings. The Hall–Kier alpha value is -3.92. The zero-order chi connectivity index (χ0) is 22.7. The highest BCUT2D eigenvalue weighted by atomic mass is 16.5. The van der Waals surface area contributed by atoms with E-state index < -0.39 is 0 Å². The fourth-order valence-corrected chi connectivity index (χ4v) is 3.79. The molecule has 4 heteroatoms. The molecule has 0 bridgehead atoms. The van der Waals surface area contributed by atoms with Gasteiger partial charge in [0.25, 0.3) is 0 Å². The van der Waals surface area contributed by atoms with Crippen LogP contribution in [0.1, 0.15) is 23.1 Å². The molecule has 0 atom stereocenters. The Bertz CT molecular complexity index is 1130. The van der Waals surface area contributed by atoms with E-state index in [1.54, 1.807) is 12.4 Å². The number of nitrogens with zero attached hydrogens (tertiary/aromatic N) is 2. The minimum atomic E-state index is 0.0720. The number of carbonyl (C=O) groups excluding carboxylic acids is 1. The summed E-state index contributed by atoms with van der Waals surface area (Å²) in [6, 6.07) is 32.0. The minimum Gasteiger partial charge on any atom is -0.489 e. The molecule has 166 valence electrons. The summed E-state index contributed by atoms with van der Waals surface area (Å²) in [7, 11) is 0. The number of anilines is 1. The second-order valence-corrected chi connectivity index (χ2v) is 7.90. The maximum absolute atomic E-state index is 13.2. The van der Waals surface area contributed by atoms with E-state index in [0.29, 0.717) is 19.6 Å². The van der Waals surface area contributed by atoms with Crippen molar-refractivity contribution in [2.45, 2.75) is 25.9 Å². The minimum absolute atomic E-state index is 0.0720. The van der Waals surface area contributed by atoms with Crippen LogP contribution < -0.4 is 9.64 Å². The van der Waals surface area contributed by atoms with Crippen molar-refractivity contribution in [3.63, 3.8) is 0 Å². The summed E-state index contributed by atoms with van der Waals surface area (Å²) in [4.78, 5) is 19.2. The van der Waals surface area contributed by atoms with Gasteiger partial charge in [0, 0.05) is 24.6 Å². The SMILES string of the molecule is O=C(Cc1cccnc1)N(CCCc1ccccc1OCc1ccccc1)c1ccccc1. The smallest absolute Gasteiger partial charge is 0.231 e. The first-order valence-corrected chi connectivity index (χ1v) is 11.3. The molecular formula is C29H28N2O2. The number of rotatable bonds is 10. The standard InChI is InChI=1S/C29H28N2O2/c32-29(21-25-13-9-19-30-22-25)31(27-16-5-2-6-17-27)20-10-15-26-14-7-8-18-28(26)33-23-24-11-3-1-4-12-24/h1-9,11-14,16-19,22H,10,15,20-21,23H2. The van der Waals surface area contributed by atoms with E-state index in [-0.39, 0.29) is 5.91 Å². The average Bonchev–Trinajstić information content (AvgIpc) is 2.87. The van der Waals surface area contributed by atoms with Crippen LogP contribution in [-0.2, 0) is 24.2 Å². The molecule has 0 aliphatic rings. The van der Waals surface area contributed by atoms with Crippen molar-refractivity contribution in [1.29, 1.82) is 0 Å². The van der Waals surface area contributed by atoms with E-state index in [1.165, 1.54) is 0 Å². The predicted molar refractivity (Wildman–Crippen MR) is 132 cm³/mol. The van der Waals surface area contributed by atoms with Gasteiger partial charge < -0.3 is 9.64 Å². The number of hydrogen-bond acceptors (Lipinski definition) is 3. The van der Waals surface area contributed by atoms with Gasteiger partial charge in [0.1, 0.15) is 12.4 Å². The topological polar surface area (TPSA) is 42.4 Å². The van der Waals surface area contributed by atoms with Gasteiger partial charge in [-0.1, -0.05) is 72.8 Å². The van der Waals surface area contributed by atoms with E-state index in [9.17, 15) is 4.79 Å². The van der Waals surface area contributed by atoms with Gasteiger partial charge >= 0.3 is 0 Å². The molecule has 0 saturated heterocycles. The second kappa shape index (κ2) is 11.6. The number of benzene rings is 3. The fourth-order valence-electron chi connectivity index (χ4n) is 3.79. The molecule has 0 spiro atoms. The number of ether oxygens (including phenoxy) is 1. The molecule has 1 amide bonds. The van der Waals surface area contributed by atoms with Crippen molar-refractivity contribution in [2.75, 3.05) is 11.4 Å². The lowest BCUT2D eigenvalue weighted by Crippen LogP contribution is -2.33. The number of para-hydroxylation sites is 2. The highest BCUT2D eigenvalue weighted by Crippen LogP contribution is 2.22. The molecule has 0 aliphatic heterocycles. The zero-order valence-corrected chi connectivity index (χ0v) is 18.6. The molecule has 33 heavy (non-hydrogen) atoms. The molecule has 4 aromatic rings. The summed E-state index contributed by atoms with van der Waals surface area (Å²) in [6.07, 6.45) is 5.47. The molecule has 0 radical (unpaired) electrons. The number of pyridine rings is 1. The molecule has 4 nitrogen and oxygen atoms in total. The Labute approximate surface area is 195 Å². The van der Waals surface area contributed by atoms with Crippen LogP contribution in [-0.4, -0.2) is 17.4 Å². The van der Waals surface area contributed by atoms with Crippen molar-refractivity contribution in [3.05, 3.63) is 126 Å². The first kappa shape index (κ1) is 22.3. The van der Waals surface area contributed by atoms with Crippen LogP contribution >= 0.6 is 0 Å². The lowest BCUT2D eigenvalue weighted by Gasteiger charge is -2.23. The van der Waals surface area contributed by atoms with Gasteiger partial charge in [-0.3, -0.25) is 9.78 Å². The number of aromatic nitrogens is 1. The van der Waals surface area contributed by atoms with Gasteiger partial charge in [-0.05, 0) is 53.8 Å². The zero-order valence-electron chi connectivity index (χ0n) is 18.6. The number of aryl methyl sites for hydroxylation is 1. The molecule has 3 aromatic carbocycles. The van der Waals surface area contributed by atoms with Gasteiger partial charge in [-0.15, -0.1) is 0 Å². The Kier molecular flexibility index (Phi) is 7.85. The maximum atomic E-state index is 13.2. The van der Waals surface area contributed by atoms with Crippen LogP contribution in [0.5, 0.6) is 5.75 Å². The van der Waals surface area contributed by atoms with Crippen molar-refractivity contribution >= 4 is 11.6 Å². The highest BCUT2D eigenvalue weighted by molar-refractivity contribution is 5.94. The van der Waals surface area contributed by atoms with Crippen LogP contribution in [0.25, 0.3) is 0 Å². The van der Waals surface area contributed by atoms with Gasteiger partial charge in [0.15, 0.2) is 0 Å². The van der Waals surface area contributed by atoms with E-state index in [4.69, 9.17) is 4.74 Å². The summed E-state index contributed by atoms with van der Waals surface area (Å²) < 4.78 is 6.10. The summed E-state index contributed by atoms with van der Waals surface area (Å²) >= 11 is 0. The van der Waals surface area contributed by atoms with Crippen molar-refractivity contribution in [1.82, 2.24) is 4.98 Å². The Morgan fingerprint density at radius 2 is 1.48 bits per heavy atom. The predicted octanol–water partition coefficient (Wildman–Crippen LogP) is 5.87. The fraction of sp³-hybridized carbons (Fsp3) is 0.172. The third-order valence-corrected chi connectivity index (χ3v) is 5.48. The van der Waals surface area contributed by atoms with Crippen molar-refractivity contribution in [2.24, 2.45) is 0 Å². The van der Waals surface area contributed by atoms with Crippen LogP contribution in [0.2, 0.25) is 0 Å². The highest BCUT2D eigenvalue weighted by Gasteiger charge is 2.16. The van der Waals surface area contributed by atoms with Crippen LogP contribution in [0.3, 0.4) is 0 Å².